The lowest BCUT2D eigenvalue weighted by Gasteiger charge is -2.20. The Morgan fingerprint density at radius 3 is 2.93 bits per heavy atom. The molecule has 0 aliphatic heterocycles. The molecule has 0 aliphatic carbocycles. The predicted octanol–water partition coefficient (Wildman–Crippen LogP) is 2.50. The number of hydrogen-bond acceptors (Lipinski definition) is 3. The van der Waals surface area contributed by atoms with Crippen molar-refractivity contribution in [1.29, 1.82) is 5.26 Å². The van der Waals surface area contributed by atoms with Crippen LogP contribution >= 0.6 is 11.6 Å². The highest BCUT2D eigenvalue weighted by Gasteiger charge is 2.10. The fraction of sp³-hybridized carbons (Fsp3) is 0.273. The van der Waals surface area contributed by atoms with Crippen LogP contribution < -0.4 is 4.90 Å². The maximum atomic E-state index is 10.8. The summed E-state index contributed by atoms with van der Waals surface area (Å²) in [6.45, 7) is 0.557. The first-order valence-electron chi connectivity index (χ1n) is 4.52. The lowest BCUT2D eigenvalue weighted by atomic mass is 10.2. The summed E-state index contributed by atoms with van der Waals surface area (Å²) >= 11 is 6.00. The summed E-state index contributed by atoms with van der Waals surface area (Å²) in [5.41, 5.74) is 1.23. The minimum absolute atomic E-state index is 0.403. The number of rotatable bonds is 4. The zero-order chi connectivity index (χ0) is 11.3. The molecule has 1 aromatic rings. The van der Waals surface area contributed by atoms with E-state index in [-0.39, 0.29) is 0 Å². The first-order valence-corrected chi connectivity index (χ1v) is 4.90. The summed E-state index contributed by atoms with van der Waals surface area (Å²) in [5.74, 6) is 0. The van der Waals surface area contributed by atoms with E-state index in [2.05, 4.69) is 6.07 Å². The number of aldehydes is 1. The van der Waals surface area contributed by atoms with Crippen molar-refractivity contribution in [2.75, 3.05) is 18.5 Å². The average molecular weight is 223 g/mol. The Balaban J connectivity index is 3.01. The van der Waals surface area contributed by atoms with Crippen LogP contribution in [0, 0.1) is 11.3 Å². The molecule has 1 rings (SSSR count). The molecule has 78 valence electrons. The number of nitriles is 1. The highest BCUT2D eigenvalue weighted by Crippen LogP contribution is 2.27. The van der Waals surface area contributed by atoms with Crippen molar-refractivity contribution in [3.8, 4) is 6.07 Å². The quantitative estimate of drug-likeness (QED) is 0.736. The second kappa shape index (κ2) is 5.38. The number of nitrogens with zero attached hydrogens (tertiary/aromatic N) is 2. The Morgan fingerprint density at radius 2 is 2.33 bits per heavy atom. The van der Waals surface area contributed by atoms with Gasteiger partial charge in [-0.05, 0) is 12.1 Å². The molecule has 0 aliphatic rings. The summed E-state index contributed by atoms with van der Waals surface area (Å²) in [7, 11) is 1.81. The minimum atomic E-state index is 0.403. The Labute approximate surface area is 93.9 Å². The Bertz CT molecular complexity index is 398. The van der Waals surface area contributed by atoms with Gasteiger partial charge in [0.05, 0.1) is 23.2 Å². The van der Waals surface area contributed by atoms with Gasteiger partial charge in [0.25, 0.3) is 0 Å². The van der Waals surface area contributed by atoms with Gasteiger partial charge < -0.3 is 4.90 Å². The zero-order valence-corrected chi connectivity index (χ0v) is 9.16. The first kappa shape index (κ1) is 11.5. The second-order valence-electron chi connectivity index (χ2n) is 3.13. The third-order valence-corrected chi connectivity index (χ3v) is 2.39. The molecule has 1 aromatic carbocycles. The molecule has 3 nitrogen and oxygen atoms in total. The maximum absolute atomic E-state index is 10.8. The smallest absolute Gasteiger partial charge is 0.152 e. The van der Waals surface area contributed by atoms with Gasteiger partial charge in [-0.25, -0.2) is 0 Å². The number of halogens is 1. The largest absolute Gasteiger partial charge is 0.372 e. The molecule has 0 spiro atoms. The lowest BCUT2D eigenvalue weighted by Crippen LogP contribution is -2.20. The molecular weight excluding hydrogens is 212 g/mol. The fourth-order valence-corrected chi connectivity index (χ4v) is 1.69. The molecule has 0 N–H and O–H groups in total. The van der Waals surface area contributed by atoms with Crippen molar-refractivity contribution >= 4 is 23.6 Å². The first-order chi connectivity index (χ1) is 7.20. The summed E-state index contributed by atoms with van der Waals surface area (Å²) < 4.78 is 0. The van der Waals surface area contributed by atoms with Gasteiger partial charge in [-0.15, -0.1) is 0 Å². The zero-order valence-electron chi connectivity index (χ0n) is 8.40. The number of benzene rings is 1. The van der Waals surface area contributed by atoms with Gasteiger partial charge in [-0.2, -0.15) is 5.26 Å². The molecule has 0 saturated heterocycles. The average Bonchev–Trinajstić information content (AvgIpc) is 2.25. The predicted molar refractivity (Wildman–Crippen MR) is 60.3 cm³/mol. The van der Waals surface area contributed by atoms with E-state index < -0.39 is 0 Å². The van der Waals surface area contributed by atoms with Gasteiger partial charge in [0, 0.05) is 19.2 Å². The molecule has 4 heteroatoms. The number of hydrogen-bond donors (Lipinski definition) is 0. The number of para-hydroxylation sites is 1. The summed E-state index contributed by atoms with van der Waals surface area (Å²) in [6.07, 6.45) is 1.17. The molecule has 0 saturated carbocycles. The molecule has 15 heavy (non-hydrogen) atoms. The van der Waals surface area contributed by atoms with E-state index in [1.165, 1.54) is 0 Å². The van der Waals surface area contributed by atoms with Crippen LogP contribution in [0.4, 0.5) is 5.69 Å². The molecule has 0 heterocycles. The van der Waals surface area contributed by atoms with E-state index in [9.17, 15) is 4.79 Å². The van der Waals surface area contributed by atoms with Gasteiger partial charge in [0.2, 0.25) is 0 Å². The van der Waals surface area contributed by atoms with Crippen LogP contribution in [-0.2, 0) is 0 Å². The van der Waals surface area contributed by atoms with Crippen molar-refractivity contribution in [3.05, 3.63) is 28.8 Å². The normalized spacial score (nSPS) is 9.40. The van der Waals surface area contributed by atoms with Crippen LogP contribution in [-0.4, -0.2) is 19.9 Å². The highest BCUT2D eigenvalue weighted by atomic mass is 35.5. The van der Waals surface area contributed by atoms with Gasteiger partial charge in [-0.1, -0.05) is 17.7 Å². The Hall–Kier alpha value is -1.53. The van der Waals surface area contributed by atoms with Crippen molar-refractivity contribution < 1.29 is 4.79 Å². The van der Waals surface area contributed by atoms with Crippen LogP contribution in [0.5, 0.6) is 0 Å². The highest BCUT2D eigenvalue weighted by molar-refractivity contribution is 6.33. The van der Waals surface area contributed by atoms with Gasteiger partial charge >= 0.3 is 0 Å². The van der Waals surface area contributed by atoms with Crippen molar-refractivity contribution in [2.45, 2.75) is 6.42 Å². The van der Waals surface area contributed by atoms with Gasteiger partial charge in [-0.3, -0.25) is 4.79 Å². The SMILES string of the molecule is CN(CCC#N)c1c(Cl)cccc1C=O. The third-order valence-electron chi connectivity index (χ3n) is 2.09. The van der Waals surface area contributed by atoms with Crippen molar-refractivity contribution in [2.24, 2.45) is 0 Å². The Kier molecular flexibility index (Phi) is 4.14. The van der Waals surface area contributed by atoms with E-state index in [4.69, 9.17) is 16.9 Å². The second-order valence-corrected chi connectivity index (χ2v) is 3.53. The van der Waals surface area contributed by atoms with E-state index in [1.807, 2.05) is 11.9 Å². The molecule has 0 atom stereocenters. The summed E-state index contributed by atoms with van der Waals surface area (Å²) in [6, 6.07) is 7.22. The van der Waals surface area contributed by atoms with Crippen LogP contribution in [0.25, 0.3) is 0 Å². The Morgan fingerprint density at radius 1 is 1.60 bits per heavy atom. The minimum Gasteiger partial charge on any atom is -0.372 e. The number of carbonyl (C=O) groups excluding carboxylic acids is 1. The molecule has 0 bridgehead atoms. The topological polar surface area (TPSA) is 44.1 Å². The van der Waals surface area contributed by atoms with Crippen LogP contribution in [0.15, 0.2) is 18.2 Å². The monoisotopic (exact) mass is 222 g/mol. The third kappa shape index (κ3) is 2.71. The standard InChI is InChI=1S/C11H11ClN2O/c1-14(7-3-6-13)11-9(8-15)4-2-5-10(11)12/h2,4-5,8H,3,7H2,1H3. The van der Waals surface area contributed by atoms with E-state index in [0.717, 1.165) is 6.29 Å². The number of carbonyl (C=O) groups is 1. The maximum Gasteiger partial charge on any atom is 0.152 e. The van der Waals surface area contributed by atoms with Crippen LogP contribution in [0.2, 0.25) is 5.02 Å². The van der Waals surface area contributed by atoms with E-state index in [0.29, 0.717) is 29.2 Å². The van der Waals surface area contributed by atoms with Crippen molar-refractivity contribution in [1.82, 2.24) is 0 Å². The summed E-state index contributed by atoms with van der Waals surface area (Å²) in [4.78, 5) is 12.6. The number of anilines is 1. The molecule has 0 unspecified atom stereocenters. The van der Waals surface area contributed by atoms with E-state index >= 15 is 0 Å². The summed E-state index contributed by atoms with van der Waals surface area (Å²) in [5, 5.41) is 9.01. The van der Waals surface area contributed by atoms with Gasteiger partial charge in [0.15, 0.2) is 6.29 Å². The molecule has 0 aromatic heterocycles. The van der Waals surface area contributed by atoms with Crippen LogP contribution in [0.3, 0.4) is 0 Å². The van der Waals surface area contributed by atoms with E-state index in [1.54, 1.807) is 18.2 Å². The molecule has 0 amide bonds. The van der Waals surface area contributed by atoms with Gasteiger partial charge in [0.1, 0.15) is 0 Å². The lowest BCUT2D eigenvalue weighted by molar-refractivity contribution is 0.112. The fourth-order valence-electron chi connectivity index (χ4n) is 1.36. The molecule has 0 fully saturated rings. The van der Waals surface area contributed by atoms with Crippen molar-refractivity contribution in [3.63, 3.8) is 0 Å². The molecule has 0 radical (unpaired) electrons. The van der Waals surface area contributed by atoms with Crippen LogP contribution in [0.1, 0.15) is 16.8 Å². The molecular formula is C11H11ClN2O.